The summed E-state index contributed by atoms with van der Waals surface area (Å²) in [5, 5.41) is 3.12. The Hall–Kier alpha value is -2.62. The fourth-order valence-corrected chi connectivity index (χ4v) is 2.85. The summed E-state index contributed by atoms with van der Waals surface area (Å²) in [4.78, 5) is 20.6. The largest absolute Gasteiger partial charge is 0.342 e. The Morgan fingerprint density at radius 1 is 1.17 bits per heavy atom. The number of nitrogens with zero attached hydrogens (tertiary/aromatic N) is 1. The molecule has 4 heteroatoms. The number of benzene rings is 2. The first-order chi connectivity index (χ1) is 11.5. The molecule has 0 spiro atoms. The van der Waals surface area contributed by atoms with Crippen LogP contribution in [0.25, 0.3) is 11.0 Å². The highest BCUT2D eigenvalue weighted by Gasteiger charge is 2.20. The number of carbonyl (C=O) groups is 1. The standard InChI is InChI=1S/C20H23N3O/c1-13(2)11-18(23-20(24)15-7-5-4-6-8-15)19-21-16-10-9-14(3)12-17(16)22-19/h4-10,12-13,18H,11H2,1-3H3,(H,21,22)(H,23,24). The second-order valence-corrected chi connectivity index (χ2v) is 6.66. The number of aromatic nitrogens is 2. The second-order valence-electron chi connectivity index (χ2n) is 6.66. The Kier molecular flexibility index (Phi) is 4.65. The van der Waals surface area contributed by atoms with E-state index in [1.807, 2.05) is 42.5 Å². The van der Waals surface area contributed by atoms with E-state index in [1.54, 1.807) is 0 Å². The first-order valence-electron chi connectivity index (χ1n) is 8.35. The third kappa shape index (κ3) is 3.65. The van der Waals surface area contributed by atoms with Gasteiger partial charge in [-0.1, -0.05) is 38.1 Å². The quantitative estimate of drug-likeness (QED) is 0.732. The van der Waals surface area contributed by atoms with E-state index < -0.39 is 0 Å². The number of carbonyl (C=O) groups excluding carboxylic acids is 1. The number of imidazole rings is 1. The zero-order valence-corrected chi connectivity index (χ0v) is 14.3. The summed E-state index contributed by atoms with van der Waals surface area (Å²) in [5.74, 6) is 1.19. The van der Waals surface area contributed by atoms with E-state index in [2.05, 4.69) is 42.1 Å². The zero-order chi connectivity index (χ0) is 17.1. The molecule has 3 aromatic rings. The molecule has 0 radical (unpaired) electrons. The molecule has 2 N–H and O–H groups in total. The first kappa shape index (κ1) is 16.2. The second kappa shape index (κ2) is 6.87. The molecule has 0 aliphatic heterocycles. The first-order valence-corrected chi connectivity index (χ1v) is 8.35. The van der Waals surface area contributed by atoms with Crippen LogP contribution >= 0.6 is 0 Å². The van der Waals surface area contributed by atoms with Crippen LogP contribution in [0.4, 0.5) is 0 Å². The maximum absolute atomic E-state index is 12.5. The molecule has 0 fully saturated rings. The predicted molar refractivity (Wildman–Crippen MR) is 96.9 cm³/mol. The van der Waals surface area contributed by atoms with Gasteiger partial charge in [0.2, 0.25) is 0 Å². The number of nitrogens with one attached hydrogen (secondary N) is 2. The van der Waals surface area contributed by atoms with Gasteiger partial charge in [0.15, 0.2) is 0 Å². The molecule has 1 atom stereocenters. The highest BCUT2D eigenvalue weighted by molar-refractivity contribution is 5.94. The van der Waals surface area contributed by atoms with Crippen molar-refractivity contribution in [3.05, 3.63) is 65.5 Å². The minimum Gasteiger partial charge on any atom is -0.342 e. The highest BCUT2D eigenvalue weighted by Crippen LogP contribution is 2.23. The van der Waals surface area contributed by atoms with Crippen LogP contribution in [0.3, 0.4) is 0 Å². The summed E-state index contributed by atoms with van der Waals surface area (Å²) in [7, 11) is 0. The van der Waals surface area contributed by atoms with Crippen LogP contribution in [-0.4, -0.2) is 15.9 Å². The summed E-state index contributed by atoms with van der Waals surface area (Å²) < 4.78 is 0. The monoisotopic (exact) mass is 321 g/mol. The number of aromatic amines is 1. The number of amides is 1. The lowest BCUT2D eigenvalue weighted by molar-refractivity contribution is 0.0930. The molecule has 1 aromatic heterocycles. The topological polar surface area (TPSA) is 57.8 Å². The number of hydrogen-bond acceptors (Lipinski definition) is 2. The summed E-state index contributed by atoms with van der Waals surface area (Å²) in [6.07, 6.45) is 0.831. The van der Waals surface area contributed by atoms with Crippen molar-refractivity contribution in [3.63, 3.8) is 0 Å². The van der Waals surface area contributed by atoms with Gasteiger partial charge in [0.1, 0.15) is 5.82 Å². The molecule has 2 aromatic carbocycles. The van der Waals surface area contributed by atoms with Crippen molar-refractivity contribution in [2.45, 2.75) is 33.2 Å². The van der Waals surface area contributed by atoms with Gasteiger partial charge in [0.25, 0.3) is 5.91 Å². The van der Waals surface area contributed by atoms with Gasteiger partial charge < -0.3 is 10.3 Å². The average molecular weight is 321 g/mol. The number of fused-ring (bicyclic) bond motifs is 1. The SMILES string of the molecule is Cc1ccc2nc(C(CC(C)C)NC(=O)c3ccccc3)[nH]c2c1. The molecular weight excluding hydrogens is 298 g/mol. The van der Waals surface area contributed by atoms with Crippen LogP contribution in [0, 0.1) is 12.8 Å². The summed E-state index contributed by atoms with van der Waals surface area (Å²) in [6.45, 7) is 6.35. The van der Waals surface area contributed by atoms with Crippen LogP contribution in [0.5, 0.6) is 0 Å². The van der Waals surface area contributed by atoms with E-state index >= 15 is 0 Å². The zero-order valence-electron chi connectivity index (χ0n) is 14.3. The van der Waals surface area contributed by atoms with Crippen molar-refractivity contribution in [1.29, 1.82) is 0 Å². The van der Waals surface area contributed by atoms with Crippen LogP contribution in [-0.2, 0) is 0 Å². The van der Waals surface area contributed by atoms with Crippen molar-refractivity contribution in [2.75, 3.05) is 0 Å². The number of H-pyrrole nitrogens is 1. The third-order valence-corrected chi connectivity index (χ3v) is 4.03. The summed E-state index contributed by atoms with van der Waals surface area (Å²) in [6, 6.07) is 15.3. The molecule has 24 heavy (non-hydrogen) atoms. The number of aryl methyl sites for hydroxylation is 1. The molecule has 1 heterocycles. The Morgan fingerprint density at radius 3 is 2.62 bits per heavy atom. The van der Waals surface area contributed by atoms with Crippen LogP contribution < -0.4 is 5.32 Å². The van der Waals surface area contributed by atoms with Gasteiger partial charge in [-0.2, -0.15) is 0 Å². The molecule has 1 amide bonds. The van der Waals surface area contributed by atoms with Gasteiger partial charge in [-0.25, -0.2) is 4.98 Å². The van der Waals surface area contributed by atoms with Gasteiger partial charge >= 0.3 is 0 Å². The van der Waals surface area contributed by atoms with Crippen LogP contribution in [0.15, 0.2) is 48.5 Å². The molecule has 1 unspecified atom stereocenters. The fourth-order valence-electron chi connectivity index (χ4n) is 2.85. The van der Waals surface area contributed by atoms with Crippen molar-refractivity contribution in [1.82, 2.24) is 15.3 Å². The van der Waals surface area contributed by atoms with Crippen molar-refractivity contribution >= 4 is 16.9 Å². The molecule has 4 nitrogen and oxygen atoms in total. The van der Waals surface area contributed by atoms with Crippen LogP contribution in [0.1, 0.15) is 48.1 Å². The Bertz CT molecular complexity index is 836. The molecule has 0 saturated heterocycles. The van der Waals surface area contributed by atoms with Gasteiger partial charge in [0, 0.05) is 5.56 Å². The molecule has 0 bridgehead atoms. The number of hydrogen-bond donors (Lipinski definition) is 2. The van der Waals surface area contributed by atoms with E-state index in [1.165, 1.54) is 5.56 Å². The average Bonchev–Trinajstić information content (AvgIpc) is 2.97. The van der Waals surface area contributed by atoms with E-state index in [0.29, 0.717) is 11.5 Å². The van der Waals surface area contributed by atoms with E-state index in [4.69, 9.17) is 0 Å². The van der Waals surface area contributed by atoms with Crippen LogP contribution in [0.2, 0.25) is 0 Å². The van der Waals surface area contributed by atoms with Crippen molar-refractivity contribution in [3.8, 4) is 0 Å². The number of rotatable bonds is 5. The molecule has 0 aliphatic rings. The van der Waals surface area contributed by atoms with Crippen molar-refractivity contribution in [2.24, 2.45) is 5.92 Å². The minimum atomic E-state index is -0.134. The smallest absolute Gasteiger partial charge is 0.251 e. The van der Waals surface area contributed by atoms with Gasteiger partial charge in [-0.05, 0) is 49.1 Å². The van der Waals surface area contributed by atoms with Gasteiger partial charge in [0.05, 0.1) is 17.1 Å². The Balaban J connectivity index is 1.88. The maximum atomic E-state index is 12.5. The van der Waals surface area contributed by atoms with Gasteiger partial charge in [-0.15, -0.1) is 0 Å². The molecule has 0 saturated carbocycles. The minimum absolute atomic E-state index is 0.0714. The third-order valence-electron chi connectivity index (χ3n) is 4.03. The normalized spacial score (nSPS) is 12.5. The molecule has 124 valence electrons. The fraction of sp³-hybridized carbons (Fsp3) is 0.300. The lowest BCUT2D eigenvalue weighted by Crippen LogP contribution is -2.30. The lowest BCUT2D eigenvalue weighted by Gasteiger charge is -2.18. The van der Waals surface area contributed by atoms with Gasteiger partial charge in [-0.3, -0.25) is 4.79 Å². The highest BCUT2D eigenvalue weighted by atomic mass is 16.1. The van der Waals surface area contributed by atoms with E-state index in [9.17, 15) is 4.79 Å². The lowest BCUT2D eigenvalue weighted by atomic mass is 10.0. The Labute approximate surface area is 142 Å². The maximum Gasteiger partial charge on any atom is 0.251 e. The van der Waals surface area contributed by atoms with E-state index in [0.717, 1.165) is 23.3 Å². The summed E-state index contributed by atoms with van der Waals surface area (Å²) in [5.41, 5.74) is 3.79. The molecule has 0 aliphatic carbocycles. The van der Waals surface area contributed by atoms with E-state index in [-0.39, 0.29) is 11.9 Å². The molecular formula is C20H23N3O. The Morgan fingerprint density at radius 2 is 1.92 bits per heavy atom. The van der Waals surface area contributed by atoms with Crippen molar-refractivity contribution < 1.29 is 4.79 Å². The summed E-state index contributed by atoms with van der Waals surface area (Å²) >= 11 is 0. The predicted octanol–water partition coefficient (Wildman–Crippen LogP) is 4.39. The molecule has 3 rings (SSSR count).